The van der Waals surface area contributed by atoms with Crippen molar-refractivity contribution < 1.29 is 4.79 Å². The van der Waals surface area contributed by atoms with Crippen LogP contribution in [-0.2, 0) is 0 Å². The van der Waals surface area contributed by atoms with Crippen molar-refractivity contribution in [3.63, 3.8) is 0 Å². The number of hydrogen-bond acceptors (Lipinski definition) is 2. The molecule has 0 radical (unpaired) electrons. The van der Waals surface area contributed by atoms with Gasteiger partial charge >= 0.3 is 0 Å². The molecular weight excluding hydrogens is 284 g/mol. The number of nitrogens with zero attached hydrogens (tertiary/aromatic N) is 1. The highest BCUT2D eigenvalue weighted by Gasteiger charge is 2.23. The van der Waals surface area contributed by atoms with Gasteiger partial charge in [-0.3, -0.25) is 4.79 Å². The molecule has 1 aliphatic carbocycles. The van der Waals surface area contributed by atoms with Gasteiger partial charge in [-0.05, 0) is 68.8 Å². The van der Waals surface area contributed by atoms with Crippen LogP contribution in [0.15, 0.2) is 24.3 Å². The summed E-state index contributed by atoms with van der Waals surface area (Å²) in [5.74, 6) is 1.64. The first-order chi connectivity index (χ1) is 11.3. The van der Waals surface area contributed by atoms with E-state index in [4.69, 9.17) is 0 Å². The van der Waals surface area contributed by atoms with Gasteiger partial charge in [-0.15, -0.1) is 0 Å². The second-order valence-electron chi connectivity index (χ2n) is 7.25. The van der Waals surface area contributed by atoms with Crippen LogP contribution in [0.1, 0.15) is 66.8 Å². The zero-order valence-corrected chi connectivity index (χ0v) is 14.4. The maximum atomic E-state index is 12.7. The number of piperidine rings is 1. The van der Waals surface area contributed by atoms with Gasteiger partial charge in [0.15, 0.2) is 0 Å². The van der Waals surface area contributed by atoms with Crippen LogP contribution in [-0.4, -0.2) is 37.5 Å². The molecular formula is C20H30N2O. The third-order valence-electron chi connectivity index (χ3n) is 5.63. The maximum absolute atomic E-state index is 12.7. The lowest BCUT2D eigenvalue weighted by molar-refractivity contribution is 0.0691. The van der Waals surface area contributed by atoms with Gasteiger partial charge in [-0.1, -0.05) is 31.4 Å². The Kier molecular flexibility index (Phi) is 5.71. The summed E-state index contributed by atoms with van der Waals surface area (Å²) < 4.78 is 0. The SMILES string of the molecule is CNCC1CCN(C(=O)c2ccc(C3CCCCC3)cc2)CC1. The largest absolute Gasteiger partial charge is 0.339 e. The Balaban J connectivity index is 1.57. The maximum Gasteiger partial charge on any atom is 0.253 e. The minimum Gasteiger partial charge on any atom is -0.339 e. The van der Waals surface area contributed by atoms with Crippen LogP contribution < -0.4 is 5.32 Å². The highest BCUT2D eigenvalue weighted by Crippen LogP contribution is 2.32. The van der Waals surface area contributed by atoms with Crippen molar-refractivity contribution in [2.24, 2.45) is 5.92 Å². The lowest BCUT2D eigenvalue weighted by Crippen LogP contribution is -2.40. The Hall–Kier alpha value is -1.35. The summed E-state index contributed by atoms with van der Waals surface area (Å²) >= 11 is 0. The molecule has 3 rings (SSSR count). The molecule has 1 amide bonds. The molecule has 1 aromatic rings. The minimum absolute atomic E-state index is 0.211. The summed E-state index contributed by atoms with van der Waals surface area (Å²) in [6.07, 6.45) is 8.95. The third-order valence-corrected chi connectivity index (χ3v) is 5.63. The molecule has 0 unspecified atom stereocenters. The fourth-order valence-electron chi connectivity index (χ4n) is 4.15. The Morgan fingerprint density at radius 3 is 2.30 bits per heavy atom. The molecule has 23 heavy (non-hydrogen) atoms. The molecule has 3 nitrogen and oxygen atoms in total. The van der Waals surface area contributed by atoms with Crippen molar-refractivity contribution in [2.45, 2.75) is 50.9 Å². The van der Waals surface area contributed by atoms with Gasteiger partial charge in [-0.2, -0.15) is 0 Å². The van der Waals surface area contributed by atoms with Crippen LogP contribution in [0, 0.1) is 5.92 Å². The quantitative estimate of drug-likeness (QED) is 0.916. The van der Waals surface area contributed by atoms with E-state index >= 15 is 0 Å². The van der Waals surface area contributed by atoms with Crippen LogP contribution in [0.25, 0.3) is 0 Å². The van der Waals surface area contributed by atoms with E-state index in [0.717, 1.165) is 44.0 Å². The smallest absolute Gasteiger partial charge is 0.253 e. The van der Waals surface area contributed by atoms with Gasteiger partial charge in [-0.25, -0.2) is 0 Å². The molecule has 1 aromatic carbocycles. The number of amides is 1. The van der Waals surface area contributed by atoms with Crippen LogP contribution in [0.2, 0.25) is 0 Å². The number of likely N-dealkylation sites (tertiary alicyclic amines) is 1. The summed E-state index contributed by atoms with van der Waals surface area (Å²) in [5, 5.41) is 3.25. The molecule has 3 heteroatoms. The highest BCUT2D eigenvalue weighted by atomic mass is 16.2. The van der Waals surface area contributed by atoms with E-state index in [0.29, 0.717) is 5.92 Å². The molecule has 0 bridgehead atoms. The van der Waals surface area contributed by atoms with Crippen molar-refractivity contribution in [3.8, 4) is 0 Å². The van der Waals surface area contributed by atoms with E-state index in [1.165, 1.54) is 37.7 Å². The van der Waals surface area contributed by atoms with Crippen LogP contribution in [0.5, 0.6) is 0 Å². The first kappa shape index (κ1) is 16.5. The molecule has 2 fully saturated rings. The predicted octanol–water partition coefficient (Wildman–Crippen LogP) is 3.81. The van der Waals surface area contributed by atoms with Crippen molar-refractivity contribution in [2.75, 3.05) is 26.7 Å². The van der Waals surface area contributed by atoms with Crippen molar-refractivity contribution >= 4 is 5.91 Å². The predicted molar refractivity (Wildman–Crippen MR) is 94.8 cm³/mol. The Bertz CT molecular complexity index is 497. The fourth-order valence-corrected chi connectivity index (χ4v) is 4.15. The number of carbonyl (C=O) groups is 1. The van der Waals surface area contributed by atoms with Crippen LogP contribution >= 0.6 is 0 Å². The summed E-state index contributed by atoms with van der Waals surface area (Å²) in [7, 11) is 2.01. The molecule has 0 atom stereocenters. The van der Waals surface area contributed by atoms with E-state index in [1.54, 1.807) is 0 Å². The van der Waals surface area contributed by atoms with Crippen molar-refractivity contribution in [3.05, 3.63) is 35.4 Å². The van der Waals surface area contributed by atoms with Crippen molar-refractivity contribution in [1.82, 2.24) is 10.2 Å². The average Bonchev–Trinajstić information content (AvgIpc) is 2.63. The number of carbonyl (C=O) groups excluding carboxylic acids is 1. The van der Waals surface area contributed by atoms with Gasteiger partial charge in [0.05, 0.1) is 0 Å². The number of hydrogen-bond donors (Lipinski definition) is 1. The molecule has 1 aliphatic heterocycles. The molecule has 1 saturated carbocycles. The van der Waals surface area contributed by atoms with Gasteiger partial charge in [0.2, 0.25) is 0 Å². The molecule has 0 spiro atoms. The molecule has 1 saturated heterocycles. The molecule has 126 valence electrons. The zero-order chi connectivity index (χ0) is 16.1. The first-order valence-electron chi connectivity index (χ1n) is 9.32. The average molecular weight is 314 g/mol. The van der Waals surface area contributed by atoms with Gasteiger partial charge in [0, 0.05) is 18.7 Å². The highest BCUT2D eigenvalue weighted by molar-refractivity contribution is 5.94. The lowest BCUT2D eigenvalue weighted by Gasteiger charge is -2.32. The van der Waals surface area contributed by atoms with Gasteiger partial charge in [0.1, 0.15) is 0 Å². The third kappa shape index (κ3) is 4.14. The molecule has 2 aliphatic rings. The van der Waals surface area contributed by atoms with E-state index in [2.05, 4.69) is 17.4 Å². The Morgan fingerprint density at radius 2 is 1.70 bits per heavy atom. The van der Waals surface area contributed by atoms with E-state index in [9.17, 15) is 4.79 Å². The minimum atomic E-state index is 0.211. The molecule has 1 heterocycles. The van der Waals surface area contributed by atoms with Crippen LogP contribution in [0.3, 0.4) is 0 Å². The van der Waals surface area contributed by atoms with Gasteiger partial charge in [0.25, 0.3) is 5.91 Å². The number of nitrogens with one attached hydrogen (secondary N) is 1. The number of benzene rings is 1. The van der Waals surface area contributed by atoms with E-state index in [1.807, 2.05) is 24.1 Å². The van der Waals surface area contributed by atoms with Crippen LogP contribution in [0.4, 0.5) is 0 Å². The Morgan fingerprint density at radius 1 is 1.04 bits per heavy atom. The summed E-state index contributed by atoms with van der Waals surface area (Å²) in [6.45, 7) is 2.86. The summed E-state index contributed by atoms with van der Waals surface area (Å²) in [5.41, 5.74) is 2.28. The monoisotopic (exact) mass is 314 g/mol. The van der Waals surface area contributed by atoms with Crippen molar-refractivity contribution in [1.29, 1.82) is 0 Å². The zero-order valence-electron chi connectivity index (χ0n) is 14.4. The molecule has 0 aromatic heterocycles. The Labute approximate surface area is 140 Å². The fraction of sp³-hybridized carbons (Fsp3) is 0.650. The topological polar surface area (TPSA) is 32.3 Å². The normalized spacial score (nSPS) is 20.7. The first-order valence-corrected chi connectivity index (χ1v) is 9.32. The standard InChI is InChI=1S/C20H30N2O/c1-21-15-16-11-13-22(14-12-16)20(23)19-9-7-18(8-10-19)17-5-3-2-4-6-17/h7-10,16-17,21H,2-6,11-15H2,1H3. The summed E-state index contributed by atoms with van der Waals surface area (Å²) in [4.78, 5) is 14.7. The second kappa shape index (κ2) is 7.96. The van der Waals surface area contributed by atoms with Gasteiger partial charge < -0.3 is 10.2 Å². The summed E-state index contributed by atoms with van der Waals surface area (Å²) in [6, 6.07) is 8.48. The van der Waals surface area contributed by atoms with E-state index < -0.39 is 0 Å². The van der Waals surface area contributed by atoms with E-state index in [-0.39, 0.29) is 5.91 Å². The second-order valence-corrected chi connectivity index (χ2v) is 7.25. The molecule has 1 N–H and O–H groups in total. The number of rotatable bonds is 4. The lowest BCUT2D eigenvalue weighted by atomic mass is 9.84.